The van der Waals surface area contributed by atoms with Gasteiger partial charge in [0.2, 0.25) is 6.08 Å². The highest BCUT2D eigenvalue weighted by atomic mass is 35.5. The van der Waals surface area contributed by atoms with Crippen molar-refractivity contribution in [3.05, 3.63) is 36.4 Å². The average molecular weight is 286 g/mol. The van der Waals surface area contributed by atoms with Crippen LogP contribution in [-0.2, 0) is 14.9 Å². The van der Waals surface area contributed by atoms with Gasteiger partial charge in [-0.05, 0) is 23.6 Å². The fraction of sp³-hybridized carbons (Fsp3) is 0. The van der Waals surface area contributed by atoms with Crippen LogP contribution in [0.25, 0.3) is 10.8 Å². The summed E-state index contributed by atoms with van der Waals surface area (Å²) in [5, 5.41) is 0.941. The van der Waals surface area contributed by atoms with Gasteiger partial charge in [-0.3, -0.25) is 4.55 Å². The molecule has 0 aliphatic carbocycles. The first-order chi connectivity index (χ1) is 8.02. The van der Waals surface area contributed by atoms with Crippen LogP contribution in [-0.4, -0.2) is 19.1 Å². The Bertz CT molecular complexity index is 736. The maximum absolute atomic E-state index is 11.2. The van der Waals surface area contributed by atoms with Gasteiger partial charge in [-0.15, -0.1) is 12.4 Å². The largest absolute Gasteiger partial charge is 0.295 e. The highest BCUT2D eigenvalue weighted by Gasteiger charge is 2.13. The summed E-state index contributed by atoms with van der Waals surface area (Å²) in [7, 11) is -4.30. The van der Waals surface area contributed by atoms with Gasteiger partial charge in [0.05, 0.1) is 5.69 Å². The summed E-state index contributed by atoms with van der Waals surface area (Å²) in [6.07, 6.45) is 1.37. The third-order valence-corrected chi connectivity index (χ3v) is 3.19. The number of nitrogens with zero attached hydrogens (tertiary/aromatic N) is 1. The fourth-order valence-corrected chi connectivity index (χ4v) is 2.28. The predicted octanol–water partition coefficient (Wildman–Crippen LogP) is 2.48. The molecule has 0 aliphatic rings. The lowest BCUT2D eigenvalue weighted by Gasteiger charge is -2.03. The molecular formula is C11H8ClNO4S. The molecule has 7 heteroatoms. The average Bonchev–Trinajstić information content (AvgIpc) is 2.27. The van der Waals surface area contributed by atoms with Gasteiger partial charge in [0, 0.05) is 5.39 Å². The molecule has 0 saturated heterocycles. The van der Waals surface area contributed by atoms with E-state index in [4.69, 9.17) is 4.55 Å². The summed E-state index contributed by atoms with van der Waals surface area (Å²) >= 11 is 0. The number of fused-ring (bicyclic) bond motifs is 1. The van der Waals surface area contributed by atoms with Gasteiger partial charge in [-0.1, -0.05) is 18.2 Å². The predicted molar refractivity (Wildman–Crippen MR) is 68.8 cm³/mol. The van der Waals surface area contributed by atoms with E-state index in [0.29, 0.717) is 10.8 Å². The van der Waals surface area contributed by atoms with E-state index >= 15 is 0 Å². The van der Waals surface area contributed by atoms with Gasteiger partial charge in [-0.2, -0.15) is 13.4 Å². The second-order valence-corrected chi connectivity index (χ2v) is 4.73. The molecule has 0 spiro atoms. The first-order valence-electron chi connectivity index (χ1n) is 4.60. The Morgan fingerprint density at radius 2 is 1.89 bits per heavy atom. The van der Waals surface area contributed by atoms with E-state index in [-0.39, 0.29) is 23.0 Å². The molecule has 0 fully saturated rings. The minimum atomic E-state index is -4.30. The third-order valence-electron chi connectivity index (χ3n) is 2.28. The highest BCUT2D eigenvalue weighted by Crippen LogP contribution is 2.26. The molecule has 0 saturated carbocycles. The van der Waals surface area contributed by atoms with Crippen LogP contribution in [0.5, 0.6) is 0 Å². The lowest BCUT2D eigenvalue weighted by molar-refractivity contribution is 0.484. The summed E-state index contributed by atoms with van der Waals surface area (Å²) in [5.74, 6) is 0. The lowest BCUT2D eigenvalue weighted by atomic mass is 10.1. The second-order valence-electron chi connectivity index (χ2n) is 3.34. The van der Waals surface area contributed by atoms with Gasteiger partial charge >= 0.3 is 0 Å². The Kier molecular flexibility index (Phi) is 4.21. The SMILES string of the molecule is Cl.O=C=Nc1ccc2cccc(S(=O)(=O)O)c2c1. The summed E-state index contributed by atoms with van der Waals surface area (Å²) in [6, 6.07) is 9.07. The highest BCUT2D eigenvalue weighted by molar-refractivity contribution is 7.86. The number of carbonyl (C=O) groups excluding carboxylic acids is 1. The molecule has 18 heavy (non-hydrogen) atoms. The van der Waals surface area contributed by atoms with Gasteiger partial charge in [0.15, 0.2) is 0 Å². The molecule has 0 atom stereocenters. The molecule has 0 bridgehead atoms. The van der Waals surface area contributed by atoms with E-state index in [1.165, 1.54) is 24.3 Å². The van der Waals surface area contributed by atoms with E-state index < -0.39 is 10.1 Å². The van der Waals surface area contributed by atoms with Crippen molar-refractivity contribution >= 4 is 45.1 Å². The van der Waals surface area contributed by atoms with Crippen molar-refractivity contribution in [1.29, 1.82) is 0 Å². The van der Waals surface area contributed by atoms with Crippen molar-refractivity contribution in [2.45, 2.75) is 4.90 Å². The van der Waals surface area contributed by atoms with Gasteiger partial charge in [0.25, 0.3) is 10.1 Å². The Morgan fingerprint density at radius 1 is 1.17 bits per heavy atom. The third kappa shape index (κ3) is 2.75. The fourth-order valence-electron chi connectivity index (χ4n) is 1.58. The Hall–Kier alpha value is -1.72. The number of benzene rings is 2. The lowest BCUT2D eigenvalue weighted by Crippen LogP contribution is -1.98. The van der Waals surface area contributed by atoms with Crippen molar-refractivity contribution in [1.82, 2.24) is 0 Å². The van der Waals surface area contributed by atoms with Crippen LogP contribution < -0.4 is 0 Å². The molecule has 1 N–H and O–H groups in total. The van der Waals surface area contributed by atoms with Gasteiger partial charge in [-0.25, -0.2) is 4.79 Å². The summed E-state index contributed by atoms with van der Waals surface area (Å²) in [4.78, 5) is 13.3. The van der Waals surface area contributed by atoms with Crippen molar-refractivity contribution in [2.24, 2.45) is 4.99 Å². The van der Waals surface area contributed by atoms with Crippen LogP contribution in [0.4, 0.5) is 5.69 Å². The first-order valence-corrected chi connectivity index (χ1v) is 6.04. The van der Waals surface area contributed by atoms with Gasteiger partial charge < -0.3 is 0 Å². The van der Waals surface area contributed by atoms with Crippen LogP contribution >= 0.6 is 12.4 Å². The molecule has 0 aromatic heterocycles. The van der Waals surface area contributed by atoms with Crippen LogP contribution in [0.2, 0.25) is 0 Å². The maximum Gasteiger partial charge on any atom is 0.295 e. The van der Waals surface area contributed by atoms with E-state index in [2.05, 4.69) is 4.99 Å². The van der Waals surface area contributed by atoms with Crippen molar-refractivity contribution in [3.8, 4) is 0 Å². The molecular weight excluding hydrogens is 278 g/mol. The summed E-state index contributed by atoms with van der Waals surface area (Å²) < 4.78 is 31.4. The number of hydrogen-bond donors (Lipinski definition) is 1. The number of hydrogen-bond acceptors (Lipinski definition) is 4. The van der Waals surface area contributed by atoms with E-state index in [1.807, 2.05) is 0 Å². The Morgan fingerprint density at radius 3 is 2.50 bits per heavy atom. The zero-order valence-electron chi connectivity index (χ0n) is 8.90. The van der Waals surface area contributed by atoms with Crippen molar-refractivity contribution < 1.29 is 17.8 Å². The molecule has 2 aromatic rings. The van der Waals surface area contributed by atoms with Gasteiger partial charge in [0.1, 0.15) is 4.90 Å². The molecule has 0 amide bonds. The van der Waals surface area contributed by atoms with Crippen LogP contribution in [0.1, 0.15) is 0 Å². The van der Waals surface area contributed by atoms with E-state index in [9.17, 15) is 13.2 Å². The Balaban J connectivity index is 0.00000162. The van der Waals surface area contributed by atoms with E-state index in [0.717, 1.165) is 0 Å². The molecule has 0 aliphatic heterocycles. The molecule has 94 valence electrons. The first kappa shape index (κ1) is 14.3. The molecule has 2 aromatic carbocycles. The summed E-state index contributed by atoms with van der Waals surface area (Å²) in [6.45, 7) is 0. The van der Waals surface area contributed by atoms with Crippen LogP contribution in [0.15, 0.2) is 46.3 Å². The topological polar surface area (TPSA) is 83.8 Å². The molecule has 2 rings (SSSR count). The zero-order valence-corrected chi connectivity index (χ0v) is 10.5. The smallest absolute Gasteiger partial charge is 0.282 e. The minimum absolute atomic E-state index is 0. The number of rotatable bonds is 2. The molecule has 0 radical (unpaired) electrons. The van der Waals surface area contributed by atoms with E-state index in [1.54, 1.807) is 18.2 Å². The molecule has 0 unspecified atom stereocenters. The normalized spacial score (nSPS) is 10.5. The number of halogens is 1. The van der Waals surface area contributed by atoms with Crippen molar-refractivity contribution in [3.63, 3.8) is 0 Å². The standard InChI is InChI=1S/C11H7NO4S.ClH/c13-7-12-9-5-4-8-2-1-3-11(10(8)6-9)17(14,15)16;/h1-6H,(H,14,15,16);1H. The van der Waals surface area contributed by atoms with Crippen LogP contribution in [0.3, 0.4) is 0 Å². The number of aliphatic imine (C=N–C) groups is 1. The zero-order chi connectivity index (χ0) is 12.5. The quantitative estimate of drug-likeness (QED) is 0.522. The molecule has 0 heterocycles. The molecule has 5 nitrogen and oxygen atoms in total. The Labute approximate surface area is 109 Å². The van der Waals surface area contributed by atoms with Crippen LogP contribution in [0, 0.1) is 0 Å². The minimum Gasteiger partial charge on any atom is -0.282 e. The maximum atomic E-state index is 11.2. The second kappa shape index (κ2) is 5.29. The monoisotopic (exact) mass is 285 g/mol. The number of isocyanates is 1. The van der Waals surface area contributed by atoms with Crippen molar-refractivity contribution in [2.75, 3.05) is 0 Å². The summed E-state index contributed by atoms with van der Waals surface area (Å²) in [5.41, 5.74) is 0.281.